The van der Waals surface area contributed by atoms with Crippen LogP contribution in [0.15, 0.2) is 12.4 Å². The molecule has 20 heavy (non-hydrogen) atoms. The quantitative estimate of drug-likeness (QED) is 0.559. The van der Waals surface area contributed by atoms with Crippen molar-refractivity contribution in [3.63, 3.8) is 0 Å². The molecule has 8 heteroatoms. The molecular weight excluding hydrogens is 296 g/mol. The van der Waals surface area contributed by atoms with E-state index in [9.17, 15) is 0 Å². The molecule has 0 spiro atoms. The van der Waals surface area contributed by atoms with Crippen LogP contribution in [0.5, 0.6) is 0 Å². The number of anilines is 1. The zero-order valence-electron chi connectivity index (χ0n) is 10.9. The van der Waals surface area contributed by atoms with Crippen molar-refractivity contribution in [2.75, 3.05) is 11.9 Å². The summed E-state index contributed by atoms with van der Waals surface area (Å²) < 4.78 is 0. The van der Waals surface area contributed by atoms with Crippen molar-refractivity contribution in [3.8, 4) is 0 Å². The van der Waals surface area contributed by atoms with Crippen LogP contribution in [0.3, 0.4) is 0 Å². The number of hydrogen-bond acceptors (Lipinski definition) is 6. The Labute approximate surface area is 124 Å². The van der Waals surface area contributed by atoms with Gasteiger partial charge in [0.1, 0.15) is 22.8 Å². The summed E-state index contributed by atoms with van der Waals surface area (Å²) in [7, 11) is 0. The number of aryl methyl sites for hydroxylation is 2. The lowest BCUT2D eigenvalue weighted by Gasteiger charge is -2.06. The highest BCUT2D eigenvalue weighted by molar-refractivity contribution is 7.18. The predicted molar refractivity (Wildman–Crippen MR) is 80.4 cm³/mol. The van der Waals surface area contributed by atoms with E-state index in [1.165, 1.54) is 11.2 Å². The zero-order valence-corrected chi connectivity index (χ0v) is 12.4. The molecule has 104 valence electrons. The van der Waals surface area contributed by atoms with Gasteiger partial charge in [0.05, 0.1) is 5.39 Å². The summed E-state index contributed by atoms with van der Waals surface area (Å²) in [5.41, 5.74) is 0. The molecule has 6 nitrogen and oxygen atoms in total. The standard InChI is InChI=1S/C12H13ClN6S/c1-7-5-8-10(17-12(13)18-11(8)20-7)14-4-2-3-9-15-6-16-19-9/h5-6H,2-4H2,1H3,(H,14,17,18)(H,15,16,19). The van der Waals surface area contributed by atoms with Crippen LogP contribution in [0.4, 0.5) is 5.82 Å². The molecule has 3 heterocycles. The Morgan fingerprint density at radius 3 is 3.10 bits per heavy atom. The first-order chi connectivity index (χ1) is 9.72. The van der Waals surface area contributed by atoms with Crippen LogP contribution in [0.25, 0.3) is 10.2 Å². The molecule has 0 bridgehead atoms. The van der Waals surface area contributed by atoms with Gasteiger partial charge in [0.2, 0.25) is 5.28 Å². The molecule has 0 fully saturated rings. The van der Waals surface area contributed by atoms with Gasteiger partial charge in [-0.15, -0.1) is 11.3 Å². The fourth-order valence-corrected chi connectivity index (χ4v) is 3.06. The summed E-state index contributed by atoms with van der Waals surface area (Å²) >= 11 is 7.57. The van der Waals surface area contributed by atoms with Gasteiger partial charge in [-0.1, -0.05) is 0 Å². The molecule has 3 aromatic rings. The van der Waals surface area contributed by atoms with Crippen LogP contribution in [0.1, 0.15) is 17.1 Å². The number of H-pyrrole nitrogens is 1. The van der Waals surface area contributed by atoms with Gasteiger partial charge < -0.3 is 5.32 Å². The maximum absolute atomic E-state index is 5.95. The van der Waals surface area contributed by atoms with Crippen LogP contribution in [-0.4, -0.2) is 31.7 Å². The van der Waals surface area contributed by atoms with Gasteiger partial charge in [-0.25, -0.2) is 15.0 Å². The zero-order chi connectivity index (χ0) is 13.9. The monoisotopic (exact) mass is 308 g/mol. The van der Waals surface area contributed by atoms with E-state index in [0.29, 0.717) is 0 Å². The van der Waals surface area contributed by atoms with E-state index in [4.69, 9.17) is 11.6 Å². The predicted octanol–water partition coefficient (Wildman–Crippen LogP) is 2.82. The number of aromatic amines is 1. The molecule has 3 rings (SSSR count). The van der Waals surface area contributed by atoms with Gasteiger partial charge in [-0.3, -0.25) is 5.10 Å². The van der Waals surface area contributed by atoms with Crippen molar-refractivity contribution >= 4 is 39.0 Å². The van der Waals surface area contributed by atoms with Gasteiger partial charge in [0.25, 0.3) is 0 Å². The molecule has 3 aromatic heterocycles. The van der Waals surface area contributed by atoms with Gasteiger partial charge in [-0.05, 0) is 31.0 Å². The lowest BCUT2D eigenvalue weighted by atomic mass is 10.3. The molecule has 0 aliphatic rings. The molecule has 0 amide bonds. The number of nitrogens with zero attached hydrogens (tertiary/aromatic N) is 4. The SMILES string of the molecule is Cc1cc2c(NCCCc3ncn[nH]3)nc(Cl)nc2s1. The van der Waals surface area contributed by atoms with Gasteiger partial charge in [0, 0.05) is 17.8 Å². The Balaban J connectivity index is 1.67. The summed E-state index contributed by atoms with van der Waals surface area (Å²) in [5.74, 6) is 1.69. The number of aromatic nitrogens is 5. The second-order valence-corrected chi connectivity index (χ2v) is 5.95. The van der Waals surface area contributed by atoms with Gasteiger partial charge in [0.15, 0.2) is 0 Å². The van der Waals surface area contributed by atoms with E-state index in [1.807, 2.05) is 6.92 Å². The molecule has 0 saturated heterocycles. The fourth-order valence-electron chi connectivity index (χ4n) is 1.96. The highest BCUT2D eigenvalue weighted by Crippen LogP contribution is 2.29. The minimum Gasteiger partial charge on any atom is -0.369 e. The summed E-state index contributed by atoms with van der Waals surface area (Å²) in [6.07, 6.45) is 3.30. The average molecular weight is 309 g/mol. The Bertz CT molecular complexity index is 708. The summed E-state index contributed by atoms with van der Waals surface area (Å²) in [6.45, 7) is 2.84. The molecule has 0 aliphatic heterocycles. The lowest BCUT2D eigenvalue weighted by Crippen LogP contribution is -2.06. The van der Waals surface area contributed by atoms with Crippen molar-refractivity contribution in [1.29, 1.82) is 0 Å². The number of rotatable bonds is 5. The molecule has 0 unspecified atom stereocenters. The van der Waals surface area contributed by atoms with Crippen LogP contribution in [-0.2, 0) is 6.42 Å². The summed E-state index contributed by atoms with van der Waals surface area (Å²) in [5, 5.41) is 11.3. The maximum atomic E-state index is 5.95. The van der Waals surface area contributed by atoms with Gasteiger partial charge in [-0.2, -0.15) is 5.10 Å². The van der Waals surface area contributed by atoms with E-state index in [0.717, 1.165) is 41.2 Å². The molecule has 0 aromatic carbocycles. The van der Waals surface area contributed by atoms with E-state index >= 15 is 0 Å². The van der Waals surface area contributed by atoms with Crippen molar-refractivity contribution in [2.45, 2.75) is 19.8 Å². The van der Waals surface area contributed by atoms with Crippen molar-refractivity contribution in [1.82, 2.24) is 25.1 Å². The largest absolute Gasteiger partial charge is 0.369 e. The molecule has 2 N–H and O–H groups in total. The first kappa shape index (κ1) is 13.3. The van der Waals surface area contributed by atoms with Gasteiger partial charge >= 0.3 is 0 Å². The Morgan fingerprint density at radius 2 is 2.30 bits per heavy atom. The van der Waals surface area contributed by atoms with E-state index in [-0.39, 0.29) is 5.28 Å². The molecule has 0 aliphatic carbocycles. The highest BCUT2D eigenvalue weighted by Gasteiger charge is 2.09. The second-order valence-electron chi connectivity index (χ2n) is 4.38. The number of halogens is 1. The van der Waals surface area contributed by atoms with Crippen molar-refractivity contribution in [2.24, 2.45) is 0 Å². The molecule has 0 saturated carbocycles. The second kappa shape index (κ2) is 5.72. The third-order valence-corrected chi connectivity index (χ3v) is 3.95. The molecular formula is C12H13ClN6S. The van der Waals surface area contributed by atoms with E-state index < -0.39 is 0 Å². The maximum Gasteiger partial charge on any atom is 0.225 e. The Morgan fingerprint density at radius 1 is 1.40 bits per heavy atom. The first-order valence-corrected chi connectivity index (χ1v) is 7.43. The number of nitrogens with one attached hydrogen (secondary N) is 2. The van der Waals surface area contributed by atoms with E-state index in [1.54, 1.807) is 11.3 Å². The number of hydrogen-bond donors (Lipinski definition) is 2. The Hall–Kier alpha value is -1.73. The minimum absolute atomic E-state index is 0.275. The van der Waals surface area contributed by atoms with Crippen LogP contribution in [0.2, 0.25) is 5.28 Å². The fraction of sp³-hybridized carbons (Fsp3) is 0.333. The third-order valence-electron chi connectivity index (χ3n) is 2.84. The van der Waals surface area contributed by atoms with Crippen molar-refractivity contribution < 1.29 is 0 Å². The first-order valence-electron chi connectivity index (χ1n) is 6.24. The smallest absolute Gasteiger partial charge is 0.225 e. The normalized spacial score (nSPS) is 11.1. The van der Waals surface area contributed by atoms with Crippen molar-refractivity contribution in [3.05, 3.63) is 28.4 Å². The number of fused-ring (bicyclic) bond motifs is 1. The highest BCUT2D eigenvalue weighted by atomic mass is 35.5. The van der Waals surface area contributed by atoms with Crippen LogP contribution in [0, 0.1) is 6.92 Å². The Kier molecular flexibility index (Phi) is 3.79. The average Bonchev–Trinajstić information content (AvgIpc) is 3.02. The lowest BCUT2D eigenvalue weighted by molar-refractivity contribution is 0.804. The minimum atomic E-state index is 0.275. The summed E-state index contributed by atoms with van der Waals surface area (Å²) in [6, 6.07) is 2.08. The van der Waals surface area contributed by atoms with Crippen LogP contribution < -0.4 is 5.32 Å². The third kappa shape index (κ3) is 2.88. The molecule has 0 radical (unpaired) electrons. The topological polar surface area (TPSA) is 79.4 Å². The summed E-state index contributed by atoms with van der Waals surface area (Å²) in [4.78, 5) is 14.7. The molecule has 0 atom stereocenters. The van der Waals surface area contributed by atoms with E-state index in [2.05, 4.69) is 36.5 Å². The van der Waals surface area contributed by atoms with Crippen LogP contribution >= 0.6 is 22.9 Å². The number of thiophene rings is 1.